The monoisotopic (exact) mass is 400 g/mol. The van der Waals surface area contributed by atoms with E-state index >= 15 is 0 Å². The normalized spacial score (nSPS) is 15.9. The topological polar surface area (TPSA) is 62.7 Å². The molecule has 0 fully saturated rings. The SMILES string of the molecule is O=C(NCc1c[nH]c(=S)n1[C@H]1CCc2c(F)cc(F)cc2C1)c1cccnc1. The fourth-order valence-electron chi connectivity index (χ4n) is 3.73. The highest BCUT2D eigenvalue weighted by Crippen LogP contribution is 2.32. The molecule has 144 valence electrons. The van der Waals surface area contributed by atoms with Gasteiger partial charge in [-0.1, -0.05) is 0 Å². The molecule has 1 amide bonds. The highest BCUT2D eigenvalue weighted by molar-refractivity contribution is 7.71. The summed E-state index contributed by atoms with van der Waals surface area (Å²) in [6, 6.07) is 5.68. The minimum Gasteiger partial charge on any atom is -0.346 e. The van der Waals surface area contributed by atoms with Crippen molar-refractivity contribution in [1.29, 1.82) is 0 Å². The third-order valence-electron chi connectivity index (χ3n) is 5.05. The highest BCUT2D eigenvalue weighted by Gasteiger charge is 2.25. The molecular weight excluding hydrogens is 382 g/mol. The Kier molecular flexibility index (Phi) is 5.04. The van der Waals surface area contributed by atoms with Crippen molar-refractivity contribution in [2.45, 2.75) is 31.8 Å². The lowest BCUT2D eigenvalue weighted by Crippen LogP contribution is -2.27. The number of rotatable bonds is 4. The summed E-state index contributed by atoms with van der Waals surface area (Å²) in [7, 11) is 0. The van der Waals surface area contributed by atoms with E-state index in [1.165, 1.54) is 12.3 Å². The van der Waals surface area contributed by atoms with Crippen LogP contribution in [0.5, 0.6) is 0 Å². The zero-order chi connectivity index (χ0) is 19.7. The Hall–Kier alpha value is -2.87. The number of amides is 1. The van der Waals surface area contributed by atoms with Crippen LogP contribution in [0.25, 0.3) is 0 Å². The van der Waals surface area contributed by atoms with Crippen LogP contribution in [0.2, 0.25) is 0 Å². The maximum Gasteiger partial charge on any atom is 0.253 e. The Morgan fingerprint density at radius 1 is 1.39 bits per heavy atom. The molecule has 0 unspecified atom stereocenters. The van der Waals surface area contributed by atoms with Gasteiger partial charge in [0.1, 0.15) is 11.6 Å². The molecule has 1 aliphatic carbocycles. The lowest BCUT2D eigenvalue weighted by atomic mass is 9.87. The smallest absolute Gasteiger partial charge is 0.253 e. The van der Waals surface area contributed by atoms with Crippen molar-refractivity contribution in [1.82, 2.24) is 19.9 Å². The standard InChI is InChI=1S/C20H18F2N4OS/c21-14-6-13-7-15(3-4-17(13)18(22)8-14)26-16(11-25-20(26)28)10-24-19(27)12-2-1-5-23-9-12/h1-2,5-6,8-9,11,15H,3-4,7,10H2,(H,24,27)(H,25,28)/t15-/m0/s1. The number of aromatic amines is 1. The second-order valence-corrected chi connectivity index (χ2v) is 7.19. The number of carbonyl (C=O) groups is 1. The average molecular weight is 400 g/mol. The van der Waals surface area contributed by atoms with E-state index in [9.17, 15) is 13.6 Å². The first-order chi connectivity index (χ1) is 13.5. The van der Waals surface area contributed by atoms with Gasteiger partial charge in [-0.3, -0.25) is 9.78 Å². The van der Waals surface area contributed by atoms with E-state index in [-0.39, 0.29) is 18.5 Å². The van der Waals surface area contributed by atoms with Crippen LogP contribution in [0.1, 0.15) is 39.6 Å². The van der Waals surface area contributed by atoms with Crippen molar-refractivity contribution in [2.75, 3.05) is 0 Å². The molecule has 1 aromatic carbocycles. The van der Waals surface area contributed by atoms with Gasteiger partial charge in [-0.15, -0.1) is 0 Å². The van der Waals surface area contributed by atoms with Crippen molar-refractivity contribution in [3.05, 3.63) is 81.6 Å². The molecule has 1 atom stereocenters. The van der Waals surface area contributed by atoms with Crippen LogP contribution in [-0.4, -0.2) is 20.4 Å². The first kappa shape index (κ1) is 18.5. The Labute approximate surface area is 165 Å². The second kappa shape index (κ2) is 7.63. The van der Waals surface area contributed by atoms with Gasteiger partial charge in [0.15, 0.2) is 4.77 Å². The Morgan fingerprint density at radius 3 is 3.04 bits per heavy atom. The maximum atomic E-state index is 14.0. The van der Waals surface area contributed by atoms with Gasteiger partial charge in [-0.25, -0.2) is 8.78 Å². The molecule has 0 aliphatic heterocycles. The highest BCUT2D eigenvalue weighted by atomic mass is 32.1. The van der Waals surface area contributed by atoms with Crippen molar-refractivity contribution in [2.24, 2.45) is 0 Å². The number of benzene rings is 1. The van der Waals surface area contributed by atoms with Gasteiger partial charge in [0, 0.05) is 30.7 Å². The van der Waals surface area contributed by atoms with Gasteiger partial charge in [0.2, 0.25) is 0 Å². The summed E-state index contributed by atoms with van der Waals surface area (Å²) in [6.07, 6.45) is 6.55. The van der Waals surface area contributed by atoms with Crippen LogP contribution >= 0.6 is 12.2 Å². The van der Waals surface area contributed by atoms with Crippen LogP contribution in [0, 0.1) is 16.4 Å². The number of hydrogen-bond donors (Lipinski definition) is 2. The molecule has 2 aromatic heterocycles. The lowest BCUT2D eigenvalue weighted by molar-refractivity contribution is 0.0949. The van der Waals surface area contributed by atoms with E-state index in [0.717, 1.165) is 11.8 Å². The fraction of sp³-hybridized carbons (Fsp3) is 0.250. The molecule has 2 heterocycles. The van der Waals surface area contributed by atoms with Gasteiger partial charge in [-0.2, -0.15) is 0 Å². The number of nitrogens with one attached hydrogen (secondary N) is 2. The summed E-state index contributed by atoms with van der Waals surface area (Å²) < 4.78 is 30.1. The van der Waals surface area contributed by atoms with Crippen LogP contribution in [0.4, 0.5) is 8.78 Å². The number of hydrogen-bond acceptors (Lipinski definition) is 3. The zero-order valence-corrected chi connectivity index (χ0v) is 15.7. The van der Waals surface area contributed by atoms with Gasteiger partial charge in [-0.05, 0) is 60.8 Å². The summed E-state index contributed by atoms with van der Waals surface area (Å²) in [5, 5.41) is 2.86. The predicted molar refractivity (Wildman–Crippen MR) is 102 cm³/mol. The third kappa shape index (κ3) is 3.60. The van der Waals surface area contributed by atoms with Gasteiger partial charge in [0.05, 0.1) is 17.8 Å². The molecule has 8 heteroatoms. The molecule has 3 aromatic rings. The van der Waals surface area contributed by atoms with E-state index in [2.05, 4.69) is 15.3 Å². The van der Waals surface area contributed by atoms with E-state index in [0.29, 0.717) is 40.7 Å². The minimum atomic E-state index is -0.571. The minimum absolute atomic E-state index is 0.0299. The van der Waals surface area contributed by atoms with Gasteiger partial charge >= 0.3 is 0 Å². The predicted octanol–water partition coefficient (Wildman–Crippen LogP) is 3.88. The molecule has 28 heavy (non-hydrogen) atoms. The van der Waals surface area contributed by atoms with E-state index in [1.807, 2.05) is 4.57 Å². The molecule has 0 bridgehead atoms. The molecule has 2 N–H and O–H groups in total. The van der Waals surface area contributed by atoms with E-state index < -0.39 is 11.6 Å². The summed E-state index contributed by atoms with van der Waals surface area (Å²) in [5.41, 5.74) is 2.53. The largest absolute Gasteiger partial charge is 0.346 e. The van der Waals surface area contributed by atoms with Crippen molar-refractivity contribution < 1.29 is 13.6 Å². The second-order valence-electron chi connectivity index (χ2n) is 6.80. The zero-order valence-electron chi connectivity index (χ0n) is 14.9. The van der Waals surface area contributed by atoms with Crippen LogP contribution in [-0.2, 0) is 19.4 Å². The molecule has 0 spiro atoms. The quantitative estimate of drug-likeness (QED) is 0.654. The molecule has 0 saturated carbocycles. The van der Waals surface area contributed by atoms with E-state index in [1.54, 1.807) is 24.5 Å². The molecule has 1 aliphatic rings. The number of imidazole rings is 1. The van der Waals surface area contributed by atoms with Crippen molar-refractivity contribution >= 4 is 18.1 Å². The van der Waals surface area contributed by atoms with E-state index in [4.69, 9.17) is 12.2 Å². The average Bonchev–Trinajstić information content (AvgIpc) is 3.06. The molecule has 0 radical (unpaired) electrons. The summed E-state index contributed by atoms with van der Waals surface area (Å²) in [6.45, 7) is 0.280. The lowest BCUT2D eigenvalue weighted by Gasteiger charge is -2.27. The Morgan fingerprint density at radius 2 is 2.25 bits per heavy atom. The van der Waals surface area contributed by atoms with Crippen LogP contribution in [0.15, 0.2) is 42.9 Å². The number of H-pyrrole nitrogens is 1. The molecule has 0 saturated heterocycles. The Balaban J connectivity index is 1.54. The van der Waals surface area contributed by atoms with Gasteiger partial charge < -0.3 is 14.9 Å². The van der Waals surface area contributed by atoms with Crippen molar-refractivity contribution in [3.8, 4) is 0 Å². The molecular formula is C20H18F2N4OS. The van der Waals surface area contributed by atoms with Gasteiger partial charge in [0.25, 0.3) is 5.91 Å². The first-order valence-electron chi connectivity index (χ1n) is 8.96. The van der Waals surface area contributed by atoms with Crippen LogP contribution in [0.3, 0.4) is 0 Å². The molecule has 5 nitrogen and oxygen atoms in total. The first-order valence-corrected chi connectivity index (χ1v) is 9.37. The number of nitrogens with zero attached hydrogens (tertiary/aromatic N) is 2. The maximum absolute atomic E-state index is 14.0. The van der Waals surface area contributed by atoms with Crippen molar-refractivity contribution in [3.63, 3.8) is 0 Å². The number of carbonyl (C=O) groups excluding carboxylic acids is 1. The third-order valence-corrected chi connectivity index (χ3v) is 5.36. The summed E-state index contributed by atoms with van der Waals surface area (Å²) in [4.78, 5) is 19.2. The number of halogens is 2. The number of aromatic nitrogens is 3. The number of pyridine rings is 1. The summed E-state index contributed by atoms with van der Waals surface area (Å²) in [5.74, 6) is -1.29. The number of fused-ring (bicyclic) bond motifs is 1. The fourth-order valence-corrected chi connectivity index (χ4v) is 4.05. The molecule has 4 rings (SSSR count). The summed E-state index contributed by atoms with van der Waals surface area (Å²) >= 11 is 5.41. The Bertz CT molecular complexity index is 1080. The van der Waals surface area contributed by atoms with Crippen LogP contribution < -0.4 is 5.32 Å².